The third kappa shape index (κ3) is 3.63. The molecule has 0 saturated carbocycles. The van der Waals surface area contributed by atoms with E-state index in [2.05, 4.69) is 20.6 Å². The number of nitrogens with zero attached hydrogens (tertiary/aromatic N) is 5. The molecule has 144 valence electrons. The van der Waals surface area contributed by atoms with E-state index >= 15 is 0 Å². The number of hydrogen-bond acceptors (Lipinski definition) is 6. The van der Waals surface area contributed by atoms with Crippen LogP contribution in [0.5, 0.6) is 0 Å². The number of amides is 1. The quantitative estimate of drug-likeness (QED) is 0.404. The van der Waals surface area contributed by atoms with Crippen molar-refractivity contribution in [1.29, 1.82) is 0 Å². The minimum atomic E-state index is -0.630. The molecule has 4 aromatic rings. The maximum Gasteiger partial charge on any atom is 0.282 e. The monoisotopic (exact) mass is 408 g/mol. The molecule has 0 unspecified atom stereocenters. The average molecular weight is 409 g/mol. The SMILES string of the molecule is Cc1nnc2ccc(-c3cccc(NC(=O)c4cc(Cl)ccc4[N+](=O)[O-])c3)nn12. The summed E-state index contributed by atoms with van der Waals surface area (Å²) < 4.78 is 1.62. The summed E-state index contributed by atoms with van der Waals surface area (Å²) in [5.74, 6) is 0.0222. The molecule has 9 nitrogen and oxygen atoms in total. The van der Waals surface area contributed by atoms with Crippen molar-refractivity contribution < 1.29 is 9.72 Å². The molecule has 0 atom stereocenters. The number of carbonyl (C=O) groups is 1. The molecule has 0 saturated heterocycles. The minimum Gasteiger partial charge on any atom is -0.322 e. The Morgan fingerprint density at radius 2 is 1.97 bits per heavy atom. The van der Waals surface area contributed by atoms with Crippen LogP contribution in [0.4, 0.5) is 11.4 Å². The molecule has 0 aliphatic heterocycles. The number of aryl methyl sites for hydroxylation is 1. The summed E-state index contributed by atoms with van der Waals surface area (Å²) in [6.45, 7) is 1.80. The third-order valence-electron chi connectivity index (χ3n) is 4.23. The van der Waals surface area contributed by atoms with Crippen LogP contribution in [-0.4, -0.2) is 30.6 Å². The number of rotatable bonds is 4. The summed E-state index contributed by atoms with van der Waals surface area (Å²) in [5.41, 5.74) is 2.06. The molecule has 0 spiro atoms. The standard InChI is InChI=1S/C19H13ClN6O3/c1-11-22-23-18-8-6-16(24-25(11)18)12-3-2-4-14(9-12)21-19(27)15-10-13(20)5-7-17(15)26(28)29/h2-10H,1H3,(H,21,27). The van der Waals surface area contributed by atoms with Crippen molar-refractivity contribution in [1.82, 2.24) is 19.8 Å². The Balaban J connectivity index is 1.66. The zero-order chi connectivity index (χ0) is 20.5. The van der Waals surface area contributed by atoms with Crippen molar-refractivity contribution in [2.24, 2.45) is 0 Å². The van der Waals surface area contributed by atoms with Gasteiger partial charge in [0.25, 0.3) is 11.6 Å². The van der Waals surface area contributed by atoms with Crippen LogP contribution in [0.15, 0.2) is 54.6 Å². The van der Waals surface area contributed by atoms with Crippen LogP contribution in [0.25, 0.3) is 16.9 Å². The van der Waals surface area contributed by atoms with Gasteiger partial charge in [0.05, 0.1) is 10.6 Å². The van der Waals surface area contributed by atoms with Gasteiger partial charge in [0.1, 0.15) is 5.56 Å². The Hall–Kier alpha value is -3.85. The topological polar surface area (TPSA) is 115 Å². The molecular formula is C19H13ClN6O3. The second-order valence-electron chi connectivity index (χ2n) is 6.19. The van der Waals surface area contributed by atoms with Crippen molar-refractivity contribution in [3.63, 3.8) is 0 Å². The molecular weight excluding hydrogens is 396 g/mol. The van der Waals surface area contributed by atoms with Gasteiger partial charge >= 0.3 is 0 Å². The van der Waals surface area contributed by atoms with Crippen molar-refractivity contribution in [2.75, 3.05) is 5.32 Å². The lowest BCUT2D eigenvalue weighted by atomic mass is 10.1. The van der Waals surface area contributed by atoms with Gasteiger partial charge in [0.2, 0.25) is 0 Å². The molecule has 1 N–H and O–H groups in total. The maximum atomic E-state index is 12.6. The number of benzene rings is 2. The van der Waals surface area contributed by atoms with Crippen LogP contribution in [0.3, 0.4) is 0 Å². The maximum absolute atomic E-state index is 12.6. The van der Waals surface area contributed by atoms with Gasteiger partial charge in [-0.15, -0.1) is 10.2 Å². The van der Waals surface area contributed by atoms with E-state index in [0.29, 0.717) is 22.9 Å². The number of carbonyl (C=O) groups excluding carboxylic acids is 1. The highest BCUT2D eigenvalue weighted by Gasteiger charge is 2.20. The predicted molar refractivity (Wildman–Crippen MR) is 107 cm³/mol. The van der Waals surface area contributed by atoms with Gasteiger partial charge in [-0.25, -0.2) is 0 Å². The highest BCUT2D eigenvalue weighted by atomic mass is 35.5. The molecule has 4 rings (SSSR count). The molecule has 0 aliphatic carbocycles. The van der Waals surface area contributed by atoms with Gasteiger partial charge in [-0.2, -0.15) is 9.61 Å². The van der Waals surface area contributed by atoms with Crippen molar-refractivity contribution in [2.45, 2.75) is 6.92 Å². The number of anilines is 1. The van der Waals surface area contributed by atoms with Crippen LogP contribution in [-0.2, 0) is 0 Å². The molecule has 0 fully saturated rings. The first-order valence-electron chi connectivity index (χ1n) is 8.47. The Morgan fingerprint density at radius 1 is 1.14 bits per heavy atom. The van der Waals surface area contributed by atoms with Crippen molar-refractivity contribution in [3.05, 3.63) is 81.1 Å². The fourth-order valence-corrected chi connectivity index (χ4v) is 3.03. The van der Waals surface area contributed by atoms with E-state index in [0.717, 1.165) is 5.56 Å². The largest absolute Gasteiger partial charge is 0.322 e. The molecule has 2 aromatic carbocycles. The first kappa shape index (κ1) is 18.5. The van der Waals surface area contributed by atoms with E-state index in [4.69, 9.17) is 11.6 Å². The first-order valence-corrected chi connectivity index (χ1v) is 8.85. The zero-order valence-corrected chi connectivity index (χ0v) is 15.8. The van der Waals surface area contributed by atoms with E-state index in [1.165, 1.54) is 18.2 Å². The lowest BCUT2D eigenvalue weighted by Crippen LogP contribution is -2.14. The average Bonchev–Trinajstić information content (AvgIpc) is 3.08. The van der Waals surface area contributed by atoms with Gasteiger partial charge in [-0.3, -0.25) is 14.9 Å². The minimum absolute atomic E-state index is 0.118. The van der Waals surface area contributed by atoms with Gasteiger partial charge < -0.3 is 5.32 Å². The Labute approximate surface area is 169 Å². The molecule has 0 bridgehead atoms. The summed E-state index contributed by atoms with van der Waals surface area (Å²) in [5, 5.41) is 26.6. The molecule has 2 aromatic heterocycles. The molecule has 29 heavy (non-hydrogen) atoms. The molecule has 0 aliphatic rings. The Kier molecular flexibility index (Phi) is 4.65. The van der Waals surface area contributed by atoms with Gasteiger partial charge in [0, 0.05) is 22.3 Å². The van der Waals surface area contributed by atoms with Crippen LogP contribution in [0.2, 0.25) is 5.02 Å². The highest BCUT2D eigenvalue weighted by molar-refractivity contribution is 6.31. The number of halogens is 1. The molecule has 2 heterocycles. The van der Waals surface area contributed by atoms with E-state index in [-0.39, 0.29) is 16.3 Å². The molecule has 1 amide bonds. The number of hydrogen-bond donors (Lipinski definition) is 1. The van der Waals surface area contributed by atoms with Gasteiger partial charge in [0.15, 0.2) is 11.5 Å². The number of fused-ring (bicyclic) bond motifs is 1. The van der Waals surface area contributed by atoms with Gasteiger partial charge in [-0.1, -0.05) is 23.7 Å². The first-order chi connectivity index (χ1) is 13.9. The van der Waals surface area contributed by atoms with E-state index in [9.17, 15) is 14.9 Å². The molecule has 0 radical (unpaired) electrons. The number of nitro benzene ring substituents is 1. The van der Waals surface area contributed by atoms with Crippen LogP contribution in [0, 0.1) is 17.0 Å². The molecule has 10 heteroatoms. The van der Waals surface area contributed by atoms with E-state index < -0.39 is 10.8 Å². The smallest absolute Gasteiger partial charge is 0.282 e. The Morgan fingerprint density at radius 3 is 2.76 bits per heavy atom. The second kappa shape index (κ2) is 7.28. The normalized spacial score (nSPS) is 10.8. The predicted octanol–water partition coefficient (Wildman–Crippen LogP) is 3.91. The van der Waals surface area contributed by atoms with E-state index in [1.54, 1.807) is 41.8 Å². The lowest BCUT2D eigenvalue weighted by Gasteiger charge is -2.08. The Bertz CT molecular complexity index is 1270. The number of aromatic nitrogens is 4. The van der Waals surface area contributed by atoms with Crippen molar-refractivity contribution >= 4 is 34.5 Å². The zero-order valence-electron chi connectivity index (χ0n) is 15.0. The van der Waals surface area contributed by atoms with Crippen LogP contribution >= 0.6 is 11.6 Å². The summed E-state index contributed by atoms with van der Waals surface area (Å²) in [6, 6.07) is 14.4. The summed E-state index contributed by atoms with van der Waals surface area (Å²) in [6.07, 6.45) is 0. The fraction of sp³-hybridized carbons (Fsp3) is 0.0526. The third-order valence-corrected chi connectivity index (χ3v) is 4.47. The summed E-state index contributed by atoms with van der Waals surface area (Å²) in [7, 11) is 0. The lowest BCUT2D eigenvalue weighted by molar-refractivity contribution is -0.385. The van der Waals surface area contributed by atoms with Crippen molar-refractivity contribution in [3.8, 4) is 11.3 Å². The fourth-order valence-electron chi connectivity index (χ4n) is 2.85. The van der Waals surface area contributed by atoms with Crippen LogP contribution in [0.1, 0.15) is 16.2 Å². The second-order valence-corrected chi connectivity index (χ2v) is 6.63. The summed E-state index contributed by atoms with van der Waals surface area (Å²) in [4.78, 5) is 23.2. The van der Waals surface area contributed by atoms with Crippen LogP contribution < -0.4 is 5.32 Å². The van der Waals surface area contributed by atoms with E-state index in [1.807, 2.05) is 6.07 Å². The number of nitro groups is 1. The summed E-state index contributed by atoms with van der Waals surface area (Å²) >= 11 is 5.90. The highest BCUT2D eigenvalue weighted by Crippen LogP contribution is 2.25. The van der Waals surface area contributed by atoms with Gasteiger partial charge in [-0.05, 0) is 43.3 Å². The number of nitrogens with one attached hydrogen (secondary N) is 1.